The summed E-state index contributed by atoms with van der Waals surface area (Å²) in [4.78, 5) is 12.4. The fourth-order valence-corrected chi connectivity index (χ4v) is 2.55. The normalized spacial score (nSPS) is 15.2. The van der Waals surface area contributed by atoms with Crippen molar-refractivity contribution in [3.63, 3.8) is 0 Å². The molecular formula is C18H30N2O. The van der Waals surface area contributed by atoms with Crippen LogP contribution in [0, 0.1) is 5.92 Å². The highest BCUT2D eigenvalue weighted by molar-refractivity contribution is 5.79. The van der Waals surface area contributed by atoms with Gasteiger partial charge in [-0.3, -0.25) is 4.79 Å². The number of rotatable bonds is 9. The maximum Gasteiger partial charge on any atom is 0.224 e. The second kappa shape index (κ2) is 9.56. The van der Waals surface area contributed by atoms with Crippen molar-refractivity contribution in [2.75, 3.05) is 0 Å². The lowest BCUT2D eigenvalue weighted by Gasteiger charge is -2.24. The Kier molecular flexibility index (Phi) is 8.06. The van der Waals surface area contributed by atoms with Gasteiger partial charge in [-0.2, -0.15) is 0 Å². The predicted molar refractivity (Wildman–Crippen MR) is 88.9 cm³/mol. The van der Waals surface area contributed by atoms with Gasteiger partial charge in [-0.25, -0.2) is 0 Å². The molecule has 0 saturated heterocycles. The first-order chi connectivity index (χ1) is 10.1. The lowest BCUT2D eigenvalue weighted by Crippen LogP contribution is -2.41. The van der Waals surface area contributed by atoms with Crippen molar-refractivity contribution < 1.29 is 4.79 Å². The second-order valence-corrected chi connectivity index (χ2v) is 5.86. The third kappa shape index (κ3) is 5.88. The molecule has 0 aliphatic carbocycles. The molecule has 3 heteroatoms. The summed E-state index contributed by atoms with van der Waals surface area (Å²) in [6.45, 7) is 6.25. The minimum Gasteiger partial charge on any atom is -0.353 e. The highest BCUT2D eigenvalue weighted by atomic mass is 16.1. The lowest BCUT2D eigenvalue weighted by atomic mass is 9.94. The zero-order valence-electron chi connectivity index (χ0n) is 13.6. The number of nitrogens with one attached hydrogen (secondary N) is 1. The molecule has 3 unspecified atom stereocenters. The van der Waals surface area contributed by atoms with E-state index in [1.54, 1.807) is 0 Å². The van der Waals surface area contributed by atoms with E-state index in [-0.39, 0.29) is 23.9 Å². The van der Waals surface area contributed by atoms with Gasteiger partial charge < -0.3 is 11.1 Å². The standard InChI is InChI=1S/C18H30N2O/c1-4-6-13-16(10-5-2)20-18(21)14(3)17(19)15-11-8-7-9-12-15/h7-9,11-12,14,16-17H,4-6,10,13,19H2,1-3H3,(H,20,21). The summed E-state index contributed by atoms with van der Waals surface area (Å²) < 4.78 is 0. The van der Waals surface area contributed by atoms with Crippen LogP contribution >= 0.6 is 0 Å². The smallest absolute Gasteiger partial charge is 0.224 e. The first-order valence-electron chi connectivity index (χ1n) is 8.21. The average Bonchev–Trinajstić information content (AvgIpc) is 2.52. The predicted octanol–water partition coefficient (Wildman–Crippen LogP) is 3.80. The summed E-state index contributed by atoms with van der Waals surface area (Å²) in [6, 6.07) is 9.88. The van der Waals surface area contributed by atoms with E-state index in [1.807, 2.05) is 37.3 Å². The number of carbonyl (C=O) groups excluding carboxylic acids is 1. The number of hydrogen-bond donors (Lipinski definition) is 2. The Hall–Kier alpha value is -1.35. The molecule has 0 heterocycles. The molecule has 0 fully saturated rings. The molecule has 0 aliphatic rings. The highest BCUT2D eigenvalue weighted by Gasteiger charge is 2.23. The quantitative estimate of drug-likeness (QED) is 0.727. The Bertz CT molecular complexity index is 405. The molecule has 0 bridgehead atoms. The Morgan fingerprint density at radius 1 is 1.14 bits per heavy atom. The van der Waals surface area contributed by atoms with E-state index in [1.165, 1.54) is 0 Å². The number of nitrogens with two attached hydrogens (primary N) is 1. The number of amides is 1. The average molecular weight is 290 g/mol. The molecule has 3 N–H and O–H groups in total. The number of carbonyl (C=O) groups is 1. The van der Waals surface area contributed by atoms with Gasteiger partial charge in [0.2, 0.25) is 5.91 Å². The lowest BCUT2D eigenvalue weighted by molar-refractivity contribution is -0.126. The molecule has 0 aliphatic heterocycles. The van der Waals surface area contributed by atoms with Crippen molar-refractivity contribution in [3.8, 4) is 0 Å². The van der Waals surface area contributed by atoms with Gasteiger partial charge >= 0.3 is 0 Å². The fourth-order valence-electron chi connectivity index (χ4n) is 2.55. The second-order valence-electron chi connectivity index (χ2n) is 5.86. The topological polar surface area (TPSA) is 55.1 Å². The summed E-state index contributed by atoms with van der Waals surface area (Å²) in [5, 5.41) is 3.18. The molecule has 118 valence electrons. The first kappa shape index (κ1) is 17.7. The van der Waals surface area contributed by atoms with Crippen molar-refractivity contribution in [1.82, 2.24) is 5.32 Å². The van der Waals surface area contributed by atoms with Gasteiger partial charge in [0, 0.05) is 12.1 Å². The van der Waals surface area contributed by atoms with Gasteiger partial charge in [0.1, 0.15) is 0 Å². The third-order valence-corrected chi connectivity index (χ3v) is 4.03. The van der Waals surface area contributed by atoms with Crippen LogP contribution in [0.3, 0.4) is 0 Å². The van der Waals surface area contributed by atoms with Gasteiger partial charge in [-0.05, 0) is 18.4 Å². The van der Waals surface area contributed by atoms with Crippen LogP contribution in [0.2, 0.25) is 0 Å². The molecule has 3 nitrogen and oxygen atoms in total. The van der Waals surface area contributed by atoms with Gasteiger partial charge in [-0.1, -0.05) is 70.4 Å². The Morgan fingerprint density at radius 3 is 2.38 bits per heavy atom. The zero-order chi connectivity index (χ0) is 15.7. The van der Waals surface area contributed by atoms with Crippen molar-refractivity contribution >= 4 is 5.91 Å². The Morgan fingerprint density at radius 2 is 1.81 bits per heavy atom. The molecule has 1 rings (SSSR count). The number of hydrogen-bond acceptors (Lipinski definition) is 2. The van der Waals surface area contributed by atoms with Crippen LogP contribution in [0.4, 0.5) is 0 Å². The molecule has 1 aromatic rings. The van der Waals surface area contributed by atoms with E-state index in [0.29, 0.717) is 0 Å². The summed E-state index contributed by atoms with van der Waals surface area (Å²) in [5.41, 5.74) is 7.24. The van der Waals surface area contributed by atoms with Crippen molar-refractivity contribution in [2.24, 2.45) is 11.7 Å². The van der Waals surface area contributed by atoms with Crippen LogP contribution < -0.4 is 11.1 Å². The van der Waals surface area contributed by atoms with E-state index < -0.39 is 0 Å². The van der Waals surface area contributed by atoms with Crippen LogP contribution in [0.5, 0.6) is 0 Å². The van der Waals surface area contributed by atoms with Crippen LogP contribution in [-0.2, 0) is 4.79 Å². The van der Waals surface area contributed by atoms with Crippen LogP contribution in [0.1, 0.15) is 64.5 Å². The number of benzene rings is 1. The molecule has 21 heavy (non-hydrogen) atoms. The summed E-state index contributed by atoms with van der Waals surface area (Å²) >= 11 is 0. The first-order valence-corrected chi connectivity index (χ1v) is 8.21. The van der Waals surface area contributed by atoms with Crippen molar-refractivity contribution in [1.29, 1.82) is 0 Å². The van der Waals surface area contributed by atoms with Gasteiger partial charge in [0.05, 0.1) is 5.92 Å². The van der Waals surface area contributed by atoms with Crippen LogP contribution in [0.25, 0.3) is 0 Å². The SMILES string of the molecule is CCCCC(CCC)NC(=O)C(C)C(N)c1ccccc1. The molecule has 0 spiro atoms. The van der Waals surface area contributed by atoms with E-state index >= 15 is 0 Å². The fraction of sp³-hybridized carbons (Fsp3) is 0.611. The molecule has 3 atom stereocenters. The molecule has 0 saturated carbocycles. The zero-order valence-corrected chi connectivity index (χ0v) is 13.6. The van der Waals surface area contributed by atoms with Crippen LogP contribution in [0.15, 0.2) is 30.3 Å². The van der Waals surface area contributed by atoms with Gasteiger partial charge in [-0.15, -0.1) is 0 Å². The maximum absolute atomic E-state index is 12.4. The molecule has 0 radical (unpaired) electrons. The summed E-state index contributed by atoms with van der Waals surface area (Å²) in [5.74, 6) is -0.144. The minimum atomic E-state index is -0.250. The number of unbranched alkanes of at least 4 members (excludes halogenated alkanes) is 1. The van der Waals surface area contributed by atoms with E-state index in [2.05, 4.69) is 19.2 Å². The summed E-state index contributed by atoms with van der Waals surface area (Å²) in [6.07, 6.45) is 5.51. The van der Waals surface area contributed by atoms with Crippen molar-refractivity contribution in [2.45, 2.75) is 65.0 Å². The third-order valence-electron chi connectivity index (χ3n) is 4.03. The minimum absolute atomic E-state index is 0.0703. The van der Waals surface area contributed by atoms with Gasteiger partial charge in [0.25, 0.3) is 0 Å². The molecule has 1 amide bonds. The van der Waals surface area contributed by atoms with Crippen molar-refractivity contribution in [3.05, 3.63) is 35.9 Å². The van der Waals surface area contributed by atoms with E-state index in [0.717, 1.165) is 37.7 Å². The van der Waals surface area contributed by atoms with E-state index in [9.17, 15) is 4.79 Å². The molecular weight excluding hydrogens is 260 g/mol. The van der Waals surface area contributed by atoms with Gasteiger partial charge in [0.15, 0.2) is 0 Å². The summed E-state index contributed by atoms with van der Waals surface area (Å²) in [7, 11) is 0. The highest BCUT2D eigenvalue weighted by Crippen LogP contribution is 2.19. The van der Waals surface area contributed by atoms with Crippen LogP contribution in [-0.4, -0.2) is 11.9 Å². The Balaban J connectivity index is 2.59. The largest absolute Gasteiger partial charge is 0.353 e. The molecule has 1 aromatic carbocycles. The monoisotopic (exact) mass is 290 g/mol. The maximum atomic E-state index is 12.4. The Labute approximate surface area is 129 Å². The molecule has 0 aromatic heterocycles. The van der Waals surface area contributed by atoms with E-state index in [4.69, 9.17) is 5.73 Å².